The predicted molar refractivity (Wildman–Crippen MR) is 103 cm³/mol. The van der Waals surface area contributed by atoms with E-state index in [9.17, 15) is 18.0 Å². The van der Waals surface area contributed by atoms with E-state index in [1.807, 2.05) is 53.4 Å². The minimum Gasteiger partial charge on any atom is -0.477 e. The van der Waals surface area contributed by atoms with Crippen LogP contribution in [-0.4, -0.2) is 66.0 Å². The summed E-state index contributed by atoms with van der Waals surface area (Å²) in [6.45, 7) is 3.22. The van der Waals surface area contributed by atoms with Crippen LogP contribution in [0, 0.1) is 11.3 Å². The Balaban J connectivity index is 0.000000339. The summed E-state index contributed by atoms with van der Waals surface area (Å²) in [7, 11) is 0. The Morgan fingerprint density at radius 1 is 1.19 bits per heavy atom. The first-order valence-corrected chi connectivity index (χ1v) is 9.47. The average molecular weight is 438 g/mol. The van der Waals surface area contributed by atoms with Crippen molar-refractivity contribution in [1.29, 1.82) is 0 Å². The number of carbonyl (C=O) groups excluding carboxylic acids is 1. The van der Waals surface area contributed by atoms with Gasteiger partial charge in [0.25, 0.3) is 5.91 Å². The Bertz CT molecular complexity index is 895. The van der Waals surface area contributed by atoms with Crippen LogP contribution in [0.4, 0.5) is 13.2 Å². The maximum absolute atomic E-state index is 12.7. The molecular formula is C21H21F3N2O5. The zero-order valence-electron chi connectivity index (χ0n) is 16.4. The number of carboxylic acids is 1. The third kappa shape index (κ3) is 5.52. The number of halogens is 3. The molecule has 0 unspecified atom stereocenters. The number of aliphatic carboxylic acids is 1. The number of nitrogens with zero attached hydrogens (tertiary/aromatic N) is 2. The highest BCUT2D eigenvalue weighted by atomic mass is 19.4. The fourth-order valence-electron chi connectivity index (χ4n) is 3.60. The van der Waals surface area contributed by atoms with Crippen molar-refractivity contribution in [1.82, 2.24) is 9.88 Å². The van der Waals surface area contributed by atoms with Gasteiger partial charge in [0.05, 0.1) is 25.2 Å². The third-order valence-corrected chi connectivity index (χ3v) is 5.22. The molecule has 1 aromatic carbocycles. The number of alkyl halides is 3. The van der Waals surface area contributed by atoms with Crippen LogP contribution in [0.3, 0.4) is 0 Å². The molecule has 1 aromatic heterocycles. The summed E-state index contributed by atoms with van der Waals surface area (Å²) in [4.78, 5) is 27.8. The van der Waals surface area contributed by atoms with E-state index in [-0.39, 0.29) is 11.3 Å². The lowest BCUT2D eigenvalue weighted by Gasteiger charge is -2.26. The maximum atomic E-state index is 12.7. The van der Waals surface area contributed by atoms with Crippen LogP contribution in [0.2, 0.25) is 0 Å². The topological polar surface area (TPSA) is 89.0 Å². The summed E-state index contributed by atoms with van der Waals surface area (Å²) in [6.07, 6.45) is -3.37. The van der Waals surface area contributed by atoms with Crippen LogP contribution in [0.25, 0.3) is 0 Å². The van der Waals surface area contributed by atoms with Crippen molar-refractivity contribution in [3.63, 3.8) is 0 Å². The van der Waals surface area contributed by atoms with Crippen molar-refractivity contribution in [2.75, 3.05) is 32.9 Å². The van der Waals surface area contributed by atoms with Crippen molar-refractivity contribution in [3.05, 3.63) is 60.3 Å². The molecule has 2 aliphatic rings. The maximum Gasteiger partial charge on any atom is 0.490 e. The Morgan fingerprint density at radius 3 is 2.48 bits per heavy atom. The van der Waals surface area contributed by atoms with Crippen LogP contribution in [0.15, 0.2) is 54.7 Å². The minimum absolute atomic E-state index is 0.0854. The molecule has 2 aliphatic heterocycles. The summed E-state index contributed by atoms with van der Waals surface area (Å²) < 4.78 is 43.3. The number of benzene rings is 1. The number of rotatable bonds is 4. The molecule has 10 heteroatoms. The second-order valence-corrected chi connectivity index (χ2v) is 7.39. The number of carbonyl (C=O) groups is 2. The Hall–Kier alpha value is -3.14. The normalized spacial score (nSPS) is 22.3. The van der Waals surface area contributed by atoms with Crippen molar-refractivity contribution in [2.24, 2.45) is 11.3 Å². The van der Waals surface area contributed by atoms with Crippen molar-refractivity contribution in [2.45, 2.75) is 6.18 Å². The van der Waals surface area contributed by atoms with Gasteiger partial charge in [-0.1, -0.05) is 24.3 Å². The quantitative estimate of drug-likeness (QED) is 0.790. The molecule has 31 heavy (non-hydrogen) atoms. The smallest absolute Gasteiger partial charge is 0.477 e. The van der Waals surface area contributed by atoms with Crippen LogP contribution in [0.5, 0.6) is 5.88 Å². The van der Waals surface area contributed by atoms with E-state index in [4.69, 9.17) is 19.4 Å². The van der Waals surface area contributed by atoms with E-state index in [1.54, 1.807) is 6.20 Å². The molecule has 1 amide bonds. The first-order chi connectivity index (χ1) is 14.7. The Kier molecular flexibility index (Phi) is 6.79. The van der Waals surface area contributed by atoms with E-state index in [2.05, 4.69) is 4.98 Å². The molecule has 0 spiro atoms. The number of aromatic nitrogens is 1. The van der Waals surface area contributed by atoms with Gasteiger partial charge >= 0.3 is 12.1 Å². The monoisotopic (exact) mass is 438 g/mol. The molecule has 2 aromatic rings. The van der Waals surface area contributed by atoms with E-state index in [0.29, 0.717) is 38.2 Å². The first-order valence-electron chi connectivity index (χ1n) is 9.47. The number of likely N-dealkylation sites (tertiary alicyclic amines) is 1. The van der Waals surface area contributed by atoms with Crippen molar-refractivity contribution < 1.29 is 37.3 Å². The number of carboxylic acid groups (broad SMARTS) is 1. The molecule has 0 saturated carbocycles. The van der Waals surface area contributed by atoms with E-state index in [0.717, 1.165) is 12.1 Å². The van der Waals surface area contributed by atoms with Gasteiger partial charge < -0.3 is 19.5 Å². The molecule has 2 atom stereocenters. The molecule has 2 saturated heterocycles. The molecule has 2 fully saturated rings. The fourth-order valence-corrected chi connectivity index (χ4v) is 3.60. The lowest BCUT2D eigenvalue weighted by molar-refractivity contribution is -0.192. The Morgan fingerprint density at radius 2 is 1.87 bits per heavy atom. The van der Waals surface area contributed by atoms with Gasteiger partial charge in [-0.15, -0.1) is 0 Å². The van der Waals surface area contributed by atoms with Crippen LogP contribution < -0.4 is 4.74 Å². The second-order valence-electron chi connectivity index (χ2n) is 7.39. The van der Waals surface area contributed by atoms with Gasteiger partial charge in [-0.3, -0.25) is 4.79 Å². The molecule has 0 aliphatic carbocycles. The first kappa shape index (κ1) is 22.5. The molecule has 7 nitrogen and oxygen atoms in total. The second kappa shape index (κ2) is 9.34. The molecular weight excluding hydrogens is 417 g/mol. The van der Waals surface area contributed by atoms with Gasteiger partial charge in [0.2, 0.25) is 5.88 Å². The highest BCUT2D eigenvalue weighted by Gasteiger charge is 2.52. The molecule has 4 rings (SSSR count). The number of amides is 1. The zero-order valence-corrected chi connectivity index (χ0v) is 16.4. The van der Waals surface area contributed by atoms with E-state index in [1.165, 1.54) is 0 Å². The van der Waals surface area contributed by atoms with Gasteiger partial charge in [0.1, 0.15) is 0 Å². The standard InChI is InChI=1S/C19H20N2O3.C2HF3O2/c22-18(15-6-2-1-3-7-15)21-10-16-11-23-13-19(16,12-21)14-24-17-8-4-5-9-20-17;3-2(4,5)1(6)7/h1-9,16H,10-14H2;(H,6,7)/t16-,19+;/m1./s1. The van der Waals surface area contributed by atoms with Crippen LogP contribution in [0.1, 0.15) is 10.4 Å². The summed E-state index contributed by atoms with van der Waals surface area (Å²) in [6, 6.07) is 15.1. The third-order valence-electron chi connectivity index (χ3n) is 5.22. The summed E-state index contributed by atoms with van der Waals surface area (Å²) >= 11 is 0. The summed E-state index contributed by atoms with van der Waals surface area (Å²) in [5, 5.41) is 7.12. The summed E-state index contributed by atoms with van der Waals surface area (Å²) in [5.41, 5.74) is 0.598. The molecule has 1 N–H and O–H groups in total. The van der Waals surface area contributed by atoms with E-state index >= 15 is 0 Å². The van der Waals surface area contributed by atoms with Crippen LogP contribution >= 0.6 is 0 Å². The zero-order chi connectivity index (χ0) is 22.5. The lowest BCUT2D eigenvalue weighted by Crippen LogP contribution is -2.38. The SMILES string of the molecule is O=C(O)C(F)(F)F.O=C(c1ccccc1)N1C[C@@H]2COC[C@]2(COc2ccccn2)C1. The van der Waals surface area contributed by atoms with Crippen molar-refractivity contribution >= 4 is 11.9 Å². The molecule has 0 radical (unpaired) electrons. The predicted octanol–water partition coefficient (Wildman–Crippen LogP) is 2.88. The van der Waals surface area contributed by atoms with Gasteiger partial charge in [-0.25, -0.2) is 9.78 Å². The highest BCUT2D eigenvalue weighted by molar-refractivity contribution is 5.94. The van der Waals surface area contributed by atoms with Gasteiger partial charge in [0, 0.05) is 36.8 Å². The lowest BCUT2D eigenvalue weighted by atomic mass is 9.82. The minimum atomic E-state index is -5.08. The molecule has 3 heterocycles. The fraction of sp³-hybridized carbons (Fsp3) is 0.381. The highest BCUT2D eigenvalue weighted by Crippen LogP contribution is 2.42. The number of hydrogen-bond donors (Lipinski definition) is 1. The number of pyridine rings is 1. The average Bonchev–Trinajstić information content (AvgIpc) is 3.30. The molecule has 166 valence electrons. The number of fused-ring (bicyclic) bond motifs is 1. The molecule has 0 bridgehead atoms. The largest absolute Gasteiger partial charge is 0.490 e. The van der Waals surface area contributed by atoms with Crippen LogP contribution in [-0.2, 0) is 9.53 Å². The Labute approximate surface area is 176 Å². The number of hydrogen-bond acceptors (Lipinski definition) is 5. The number of ether oxygens (including phenoxy) is 2. The van der Waals surface area contributed by atoms with Gasteiger partial charge in [-0.2, -0.15) is 13.2 Å². The van der Waals surface area contributed by atoms with Crippen molar-refractivity contribution in [3.8, 4) is 5.88 Å². The van der Waals surface area contributed by atoms with Gasteiger partial charge in [0.15, 0.2) is 0 Å². The van der Waals surface area contributed by atoms with E-state index < -0.39 is 12.1 Å². The summed E-state index contributed by atoms with van der Waals surface area (Å²) in [5.74, 6) is -1.74. The van der Waals surface area contributed by atoms with Gasteiger partial charge in [-0.05, 0) is 18.2 Å².